The van der Waals surface area contributed by atoms with Gasteiger partial charge in [-0.1, -0.05) is 24.3 Å². The number of aromatic hydroxyl groups is 1. The Morgan fingerprint density at radius 3 is 2.36 bits per heavy atom. The first kappa shape index (κ1) is 24.3. The van der Waals surface area contributed by atoms with Gasteiger partial charge in [-0.25, -0.2) is 10.2 Å². The van der Waals surface area contributed by atoms with E-state index in [1.54, 1.807) is 55.6 Å². The number of carbonyl (C=O) groups excluding carboxylic acids is 2. The number of carbonyl (C=O) groups is 2. The second-order valence-electron chi connectivity index (χ2n) is 7.67. The fourth-order valence-corrected chi connectivity index (χ4v) is 3.48. The third-order valence-corrected chi connectivity index (χ3v) is 5.28. The zero-order valence-electron chi connectivity index (χ0n) is 19.7. The number of phenolic OH excluding ortho intramolecular Hbond substituents is 1. The molecule has 0 bridgehead atoms. The molecule has 182 valence electrons. The highest BCUT2D eigenvalue weighted by Crippen LogP contribution is 2.29. The minimum atomic E-state index is -0.551. The van der Waals surface area contributed by atoms with Gasteiger partial charge in [0.25, 0.3) is 5.91 Å². The molecule has 8 nitrogen and oxygen atoms in total. The highest BCUT2D eigenvalue weighted by atomic mass is 16.6. The lowest BCUT2D eigenvalue weighted by molar-refractivity contribution is 0.0728. The third-order valence-electron chi connectivity index (χ3n) is 5.28. The molecular formula is C28H24N2O6. The number of benzene rings is 4. The lowest BCUT2D eigenvalue weighted by Gasteiger charge is -2.11. The maximum atomic E-state index is 12.5. The number of ether oxygens (including phenoxy) is 3. The van der Waals surface area contributed by atoms with Crippen molar-refractivity contribution in [3.8, 4) is 23.0 Å². The van der Waals surface area contributed by atoms with Gasteiger partial charge >= 0.3 is 5.97 Å². The summed E-state index contributed by atoms with van der Waals surface area (Å²) >= 11 is 0. The van der Waals surface area contributed by atoms with Crippen molar-refractivity contribution in [3.05, 3.63) is 95.6 Å². The van der Waals surface area contributed by atoms with E-state index in [9.17, 15) is 14.7 Å². The SMILES string of the molecule is CCOc1cc(/C=N\NC(=O)c2cc3ccccc3cc2O)ccc1OC(=O)c1ccc(OC)cc1. The van der Waals surface area contributed by atoms with Gasteiger partial charge in [-0.05, 0) is 77.9 Å². The van der Waals surface area contributed by atoms with Crippen LogP contribution in [-0.4, -0.2) is 36.9 Å². The molecule has 0 unspecified atom stereocenters. The number of hydrazone groups is 1. The minimum Gasteiger partial charge on any atom is -0.507 e. The topological polar surface area (TPSA) is 106 Å². The van der Waals surface area contributed by atoms with Gasteiger partial charge < -0.3 is 19.3 Å². The third kappa shape index (κ3) is 5.61. The number of nitrogens with zero attached hydrogens (tertiary/aromatic N) is 1. The number of nitrogens with one attached hydrogen (secondary N) is 1. The lowest BCUT2D eigenvalue weighted by Crippen LogP contribution is -2.17. The molecule has 8 heteroatoms. The van der Waals surface area contributed by atoms with Crippen LogP contribution in [0, 0.1) is 0 Å². The van der Waals surface area contributed by atoms with Gasteiger partial charge in [-0.3, -0.25) is 4.79 Å². The molecule has 0 aliphatic carbocycles. The minimum absolute atomic E-state index is 0.113. The molecule has 0 aliphatic rings. The van der Waals surface area contributed by atoms with E-state index in [1.165, 1.54) is 12.3 Å². The van der Waals surface area contributed by atoms with Crippen LogP contribution >= 0.6 is 0 Å². The van der Waals surface area contributed by atoms with Gasteiger partial charge in [-0.2, -0.15) is 5.10 Å². The highest BCUT2D eigenvalue weighted by molar-refractivity contribution is 6.01. The zero-order valence-corrected chi connectivity index (χ0v) is 19.7. The zero-order chi connectivity index (χ0) is 25.5. The predicted molar refractivity (Wildman–Crippen MR) is 136 cm³/mol. The summed E-state index contributed by atoms with van der Waals surface area (Å²) in [6.07, 6.45) is 1.42. The molecule has 4 aromatic carbocycles. The molecular weight excluding hydrogens is 460 g/mol. The normalized spacial score (nSPS) is 10.8. The van der Waals surface area contributed by atoms with Crippen molar-refractivity contribution in [3.63, 3.8) is 0 Å². The van der Waals surface area contributed by atoms with E-state index in [1.807, 2.05) is 31.2 Å². The Labute approximate surface area is 207 Å². The van der Waals surface area contributed by atoms with Crippen molar-refractivity contribution in [2.45, 2.75) is 6.92 Å². The van der Waals surface area contributed by atoms with E-state index in [0.717, 1.165) is 10.8 Å². The van der Waals surface area contributed by atoms with Crippen molar-refractivity contribution in [1.29, 1.82) is 0 Å². The van der Waals surface area contributed by atoms with Gasteiger partial charge in [0.2, 0.25) is 0 Å². The van der Waals surface area contributed by atoms with Gasteiger partial charge in [-0.15, -0.1) is 0 Å². The number of esters is 1. The van der Waals surface area contributed by atoms with Crippen LogP contribution in [0.5, 0.6) is 23.0 Å². The second kappa shape index (κ2) is 11.1. The van der Waals surface area contributed by atoms with Crippen LogP contribution in [0.3, 0.4) is 0 Å². The van der Waals surface area contributed by atoms with E-state index in [0.29, 0.717) is 29.2 Å². The Morgan fingerprint density at radius 2 is 1.67 bits per heavy atom. The van der Waals surface area contributed by atoms with Crippen LogP contribution in [0.4, 0.5) is 0 Å². The number of hydrogen-bond donors (Lipinski definition) is 2. The van der Waals surface area contributed by atoms with E-state index in [-0.39, 0.29) is 17.1 Å². The molecule has 1 amide bonds. The van der Waals surface area contributed by atoms with Gasteiger partial charge in [0.1, 0.15) is 11.5 Å². The number of rotatable bonds is 8. The Morgan fingerprint density at radius 1 is 0.944 bits per heavy atom. The van der Waals surface area contributed by atoms with Crippen LogP contribution in [0.25, 0.3) is 10.8 Å². The number of phenols is 1. The summed E-state index contributed by atoms with van der Waals surface area (Å²) in [6.45, 7) is 2.16. The van der Waals surface area contributed by atoms with Gasteiger partial charge in [0, 0.05) is 0 Å². The number of methoxy groups -OCH3 is 1. The molecule has 0 aliphatic heterocycles. The molecule has 0 fully saturated rings. The Kier molecular flexibility index (Phi) is 7.45. The highest BCUT2D eigenvalue weighted by Gasteiger charge is 2.14. The maximum absolute atomic E-state index is 12.5. The van der Waals surface area contributed by atoms with E-state index in [2.05, 4.69) is 10.5 Å². The van der Waals surface area contributed by atoms with Crippen LogP contribution in [-0.2, 0) is 0 Å². The summed E-state index contributed by atoms with van der Waals surface area (Å²) in [5.74, 6) is 0.00461. The van der Waals surface area contributed by atoms with Crippen molar-refractivity contribution < 1.29 is 28.9 Å². The number of amides is 1. The Balaban J connectivity index is 1.46. The Bertz CT molecular complexity index is 1430. The first-order chi connectivity index (χ1) is 17.5. The van der Waals surface area contributed by atoms with E-state index in [4.69, 9.17) is 14.2 Å². The molecule has 2 N–H and O–H groups in total. The van der Waals surface area contributed by atoms with E-state index < -0.39 is 11.9 Å². The van der Waals surface area contributed by atoms with Crippen LogP contribution in [0.1, 0.15) is 33.2 Å². The first-order valence-electron chi connectivity index (χ1n) is 11.2. The molecule has 0 spiro atoms. The Hall–Kier alpha value is -4.85. The van der Waals surface area contributed by atoms with E-state index >= 15 is 0 Å². The summed E-state index contributed by atoms with van der Waals surface area (Å²) in [5.41, 5.74) is 3.50. The molecule has 0 atom stereocenters. The van der Waals surface area contributed by atoms with Crippen molar-refractivity contribution in [1.82, 2.24) is 5.43 Å². The second-order valence-corrected chi connectivity index (χ2v) is 7.67. The first-order valence-corrected chi connectivity index (χ1v) is 11.2. The fraction of sp³-hybridized carbons (Fsp3) is 0.107. The summed E-state index contributed by atoms with van der Waals surface area (Å²) in [5, 5.41) is 15.9. The molecule has 0 saturated heterocycles. The molecule has 4 aromatic rings. The number of hydrogen-bond acceptors (Lipinski definition) is 7. The van der Waals surface area contributed by atoms with Gasteiger partial charge in [0.05, 0.1) is 31.1 Å². The summed E-state index contributed by atoms with van der Waals surface area (Å²) in [7, 11) is 1.55. The number of fused-ring (bicyclic) bond motifs is 1. The monoisotopic (exact) mass is 484 g/mol. The molecule has 36 heavy (non-hydrogen) atoms. The average Bonchev–Trinajstić information content (AvgIpc) is 2.89. The molecule has 0 aromatic heterocycles. The van der Waals surface area contributed by atoms with Crippen LogP contribution in [0.15, 0.2) is 84.0 Å². The quantitative estimate of drug-likeness (QED) is 0.159. The average molecular weight is 485 g/mol. The largest absolute Gasteiger partial charge is 0.507 e. The molecule has 0 heterocycles. The van der Waals surface area contributed by atoms with Gasteiger partial charge in [0.15, 0.2) is 11.5 Å². The summed E-state index contributed by atoms with van der Waals surface area (Å²) in [6, 6.07) is 22.0. The fourth-order valence-electron chi connectivity index (χ4n) is 3.48. The van der Waals surface area contributed by atoms with Crippen LogP contribution < -0.4 is 19.6 Å². The predicted octanol–water partition coefficient (Wildman–Crippen LogP) is 4.94. The van der Waals surface area contributed by atoms with Crippen molar-refractivity contribution >= 4 is 28.9 Å². The molecule has 0 radical (unpaired) electrons. The lowest BCUT2D eigenvalue weighted by atomic mass is 10.1. The molecule has 4 rings (SSSR count). The van der Waals surface area contributed by atoms with Crippen molar-refractivity contribution in [2.24, 2.45) is 5.10 Å². The van der Waals surface area contributed by atoms with Crippen molar-refractivity contribution in [2.75, 3.05) is 13.7 Å². The smallest absolute Gasteiger partial charge is 0.343 e. The standard InChI is InChI=1S/C28H24N2O6/c1-3-35-26-14-18(8-13-25(26)36-28(33)19-9-11-22(34-2)12-10-19)17-29-30-27(32)23-15-20-6-4-5-7-21(20)16-24(23)31/h4-17,31H,3H2,1-2H3,(H,30,32)/b29-17-. The molecule has 0 saturated carbocycles. The van der Waals surface area contributed by atoms with Crippen LogP contribution in [0.2, 0.25) is 0 Å². The summed E-state index contributed by atoms with van der Waals surface area (Å²) < 4.78 is 16.2. The summed E-state index contributed by atoms with van der Waals surface area (Å²) in [4.78, 5) is 25.1. The maximum Gasteiger partial charge on any atom is 0.343 e.